The Morgan fingerprint density at radius 2 is 1.88 bits per heavy atom. The molecular formula is C20H19ClFN3O. The first-order chi connectivity index (χ1) is 12.6. The van der Waals surface area contributed by atoms with Crippen LogP contribution in [0.4, 0.5) is 4.39 Å². The summed E-state index contributed by atoms with van der Waals surface area (Å²) in [4.78, 5) is 0. The summed E-state index contributed by atoms with van der Waals surface area (Å²) in [6.45, 7) is 2.30. The van der Waals surface area contributed by atoms with Crippen molar-refractivity contribution in [2.24, 2.45) is 0 Å². The van der Waals surface area contributed by atoms with Gasteiger partial charge in [-0.25, -0.2) is 4.39 Å². The number of aromatic hydroxyl groups is 1. The molecule has 6 heteroatoms. The van der Waals surface area contributed by atoms with E-state index in [4.69, 9.17) is 16.7 Å². The molecule has 3 aromatic rings. The summed E-state index contributed by atoms with van der Waals surface area (Å²) in [6.07, 6.45) is 1.78. The molecule has 0 amide bonds. The molecular weight excluding hydrogens is 353 g/mol. The van der Waals surface area contributed by atoms with E-state index < -0.39 is 5.82 Å². The quantitative estimate of drug-likeness (QED) is 0.736. The Morgan fingerprint density at radius 3 is 2.65 bits per heavy atom. The number of phenols is 1. The number of fused-ring (bicyclic) bond motifs is 1. The predicted molar refractivity (Wildman–Crippen MR) is 100 cm³/mol. The highest BCUT2D eigenvalue weighted by Crippen LogP contribution is 2.29. The van der Waals surface area contributed by atoms with Crippen LogP contribution in [0.2, 0.25) is 5.02 Å². The maximum absolute atomic E-state index is 13.3. The maximum Gasteiger partial charge on any atom is 0.164 e. The molecule has 2 aromatic carbocycles. The summed E-state index contributed by atoms with van der Waals surface area (Å²) in [5.74, 6) is -0.945. The van der Waals surface area contributed by atoms with Crippen molar-refractivity contribution in [3.8, 4) is 17.0 Å². The van der Waals surface area contributed by atoms with Gasteiger partial charge in [-0.15, -0.1) is 0 Å². The van der Waals surface area contributed by atoms with Gasteiger partial charge < -0.3 is 10.4 Å². The molecule has 2 heterocycles. The van der Waals surface area contributed by atoms with Crippen LogP contribution in [0.15, 0.2) is 42.5 Å². The Kier molecular flexibility index (Phi) is 4.66. The van der Waals surface area contributed by atoms with E-state index >= 15 is 0 Å². The fourth-order valence-electron chi connectivity index (χ4n) is 3.42. The van der Waals surface area contributed by atoms with Crippen LogP contribution in [-0.2, 0) is 19.4 Å². The molecule has 4 nitrogen and oxygen atoms in total. The zero-order valence-electron chi connectivity index (χ0n) is 14.2. The average molecular weight is 372 g/mol. The zero-order chi connectivity index (χ0) is 18.1. The average Bonchev–Trinajstić information content (AvgIpc) is 2.81. The number of halogens is 2. The molecule has 26 heavy (non-hydrogen) atoms. The van der Waals surface area contributed by atoms with Crippen LogP contribution in [-0.4, -0.2) is 28.0 Å². The molecule has 0 fully saturated rings. The number of benzene rings is 2. The molecule has 4 rings (SSSR count). The molecule has 1 aromatic heterocycles. The lowest BCUT2D eigenvalue weighted by Crippen LogP contribution is -2.17. The van der Waals surface area contributed by atoms with Gasteiger partial charge in [0.15, 0.2) is 11.6 Å². The van der Waals surface area contributed by atoms with Gasteiger partial charge in [-0.2, -0.15) is 5.10 Å². The summed E-state index contributed by atoms with van der Waals surface area (Å²) >= 11 is 6.02. The molecule has 0 aliphatic carbocycles. The third kappa shape index (κ3) is 3.32. The number of hydrogen-bond donors (Lipinski definition) is 2. The van der Waals surface area contributed by atoms with Gasteiger partial charge in [-0.3, -0.25) is 4.68 Å². The van der Waals surface area contributed by atoms with Gasteiger partial charge in [0.2, 0.25) is 0 Å². The predicted octanol–water partition coefficient (Wildman–Crippen LogP) is 3.78. The van der Waals surface area contributed by atoms with Gasteiger partial charge in [0.25, 0.3) is 0 Å². The topological polar surface area (TPSA) is 50.1 Å². The van der Waals surface area contributed by atoms with E-state index in [2.05, 4.69) is 5.32 Å². The van der Waals surface area contributed by atoms with Crippen molar-refractivity contribution in [1.82, 2.24) is 15.1 Å². The van der Waals surface area contributed by atoms with E-state index in [0.29, 0.717) is 11.6 Å². The van der Waals surface area contributed by atoms with E-state index in [-0.39, 0.29) is 5.75 Å². The fourth-order valence-corrected chi connectivity index (χ4v) is 3.55. The van der Waals surface area contributed by atoms with Crippen LogP contribution in [0.3, 0.4) is 0 Å². The van der Waals surface area contributed by atoms with Crippen molar-refractivity contribution < 1.29 is 9.50 Å². The molecule has 0 unspecified atom stereocenters. The van der Waals surface area contributed by atoms with Crippen LogP contribution in [0, 0.1) is 5.82 Å². The van der Waals surface area contributed by atoms with Crippen molar-refractivity contribution >= 4 is 11.6 Å². The molecule has 0 radical (unpaired) electrons. The normalized spacial score (nSPS) is 14.1. The van der Waals surface area contributed by atoms with E-state index in [9.17, 15) is 9.50 Å². The molecule has 2 N–H and O–H groups in total. The minimum atomic E-state index is -0.612. The van der Waals surface area contributed by atoms with Crippen LogP contribution in [0.5, 0.6) is 5.75 Å². The van der Waals surface area contributed by atoms with Crippen molar-refractivity contribution in [3.05, 3.63) is 70.1 Å². The van der Waals surface area contributed by atoms with Crippen molar-refractivity contribution in [2.75, 3.05) is 13.1 Å². The summed E-state index contributed by atoms with van der Waals surface area (Å²) in [5, 5.41) is 18.6. The Hall–Kier alpha value is -2.37. The molecule has 0 bridgehead atoms. The van der Waals surface area contributed by atoms with Gasteiger partial charge in [0.1, 0.15) is 0 Å². The lowest BCUT2D eigenvalue weighted by Gasteiger charge is -2.08. The number of aromatic nitrogens is 2. The monoisotopic (exact) mass is 371 g/mol. The lowest BCUT2D eigenvalue weighted by molar-refractivity contribution is 0.431. The second-order valence-electron chi connectivity index (χ2n) is 6.47. The van der Waals surface area contributed by atoms with E-state index in [0.717, 1.165) is 42.8 Å². The minimum Gasteiger partial charge on any atom is -0.505 e. The zero-order valence-corrected chi connectivity index (χ0v) is 14.9. The van der Waals surface area contributed by atoms with Gasteiger partial charge in [-0.05, 0) is 42.8 Å². The largest absolute Gasteiger partial charge is 0.505 e. The Balaban J connectivity index is 1.76. The molecule has 0 saturated heterocycles. The van der Waals surface area contributed by atoms with Crippen LogP contribution in [0.25, 0.3) is 11.3 Å². The van der Waals surface area contributed by atoms with E-state index in [1.807, 2.05) is 28.9 Å². The third-order valence-electron chi connectivity index (χ3n) is 4.72. The SMILES string of the molecule is Oc1cc(Cn2nc(-c3ccc(Cl)cc3)c3c2CCNCC3)ccc1F. The Morgan fingerprint density at radius 1 is 1.12 bits per heavy atom. The smallest absolute Gasteiger partial charge is 0.164 e. The minimum absolute atomic E-state index is 0.333. The number of phenolic OH excluding ortho intramolecular Hbond substituents is 1. The second kappa shape index (κ2) is 7.09. The summed E-state index contributed by atoms with van der Waals surface area (Å²) in [5.41, 5.74) is 5.24. The third-order valence-corrected chi connectivity index (χ3v) is 4.97. The van der Waals surface area contributed by atoms with E-state index in [1.165, 1.54) is 23.4 Å². The number of rotatable bonds is 3. The summed E-state index contributed by atoms with van der Waals surface area (Å²) < 4.78 is 15.3. The highest BCUT2D eigenvalue weighted by molar-refractivity contribution is 6.30. The van der Waals surface area contributed by atoms with Gasteiger partial charge >= 0.3 is 0 Å². The van der Waals surface area contributed by atoms with Gasteiger partial charge in [0, 0.05) is 34.8 Å². The molecule has 0 atom stereocenters. The molecule has 1 aliphatic rings. The number of nitrogens with one attached hydrogen (secondary N) is 1. The van der Waals surface area contributed by atoms with Gasteiger partial charge in [0.05, 0.1) is 12.2 Å². The lowest BCUT2D eigenvalue weighted by atomic mass is 10.0. The first-order valence-electron chi connectivity index (χ1n) is 8.64. The van der Waals surface area contributed by atoms with Crippen molar-refractivity contribution in [1.29, 1.82) is 0 Å². The highest BCUT2D eigenvalue weighted by atomic mass is 35.5. The van der Waals surface area contributed by atoms with Crippen LogP contribution in [0.1, 0.15) is 16.8 Å². The summed E-state index contributed by atoms with van der Waals surface area (Å²) in [7, 11) is 0. The molecule has 0 spiro atoms. The number of hydrogen-bond acceptors (Lipinski definition) is 3. The number of nitrogens with zero attached hydrogens (tertiary/aromatic N) is 2. The first kappa shape index (κ1) is 17.1. The highest BCUT2D eigenvalue weighted by Gasteiger charge is 2.21. The summed E-state index contributed by atoms with van der Waals surface area (Å²) in [6, 6.07) is 12.1. The molecule has 0 saturated carbocycles. The van der Waals surface area contributed by atoms with Crippen molar-refractivity contribution in [3.63, 3.8) is 0 Å². The molecule has 1 aliphatic heterocycles. The van der Waals surface area contributed by atoms with Crippen LogP contribution >= 0.6 is 11.6 Å². The fraction of sp³-hybridized carbons (Fsp3) is 0.250. The molecule has 134 valence electrons. The standard InChI is InChI=1S/C20H19ClFN3O/c21-15-4-2-14(3-5-15)20-16-7-9-23-10-8-18(16)25(24-20)12-13-1-6-17(22)19(26)11-13/h1-6,11,23,26H,7-10,12H2. The van der Waals surface area contributed by atoms with Crippen LogP contribution < -0.4 is 5.32 Å². The first-order valence-corrected chi connectivity index (χ1v) is 9.02. The Labute approximate surface area is 156 Å². The second-order valence-corrected chi connectivity index (χ2v) is 6.91. The van der Waals surface area contributed by atoms with Crippen molar-refractivity contribution in [2.45, 2.75) is 19.4 Å². The van der Waals surface area contributed by atoms with E-state index in [1.54, 1.807) is 6.07 Å². The maximum atomic E-state index is 13.3. The Bertz CT molecular complexity index is 937. The van der Waals surface area contributed by atoms with Gasteiger partial charge in [-0.1, -0.05) is 29.8 Å².